The Balaban J connectivity index is 2.88. The molecular formula is C12H20N2O3S. The number of aliphatic carboxylic acids is 1. The highest BCUT2D eigenvalue weighted by Crippen LogP contribution is 2.26. The van der Waals surface area contributed by atoms with E-state index in [-0.39, 0.29) is 13.0 Å². The van der Waals surface area contributed by atoms with E-state index in [1.165, 1.54) is 0 Å². The van der Waals surface area contributed by atoms with Crippen molar-refractivity contribution in [1.29, 1.82) is 0 Å². The van der Waals surface area contributed by atoms with Crippen LogP contribution in [0.5, 0.6) is 0 Å². The highest BCUT2D eigenvalue weighted by Gasteiger charge is 2.16. The lowest BCUT2D eigenvalue weighted by atomic mass is 10.2. The molecule has 1 rings (SSSR count). The van der Waals surface area contributed by atoms with E-state index in [1.807, 2.05) is 25.8 Å². The minimum atomic E-state index is -0.860. The number of hydrogen-bond donors (Lipinski definition) is 2. The number of aliphatic hydroxyl groups excluding tert-OH is 1. The van der Waals surface area contributed by atoms with Crippen LogP contribution in [0.25, 0.3) is 0 Å². The molecule has 18 heavy (non-hydrogen) atoms. The fourth-order valence-electron chi connectivity index (χ4n) is 1.55. The first-order valence-corrected chi connectivity index (χ1v) is 6.75. The smallest absolute Gasteiger partial charge is 0.309 e. The summed E-state index contributed by atoms with van der Waals surface area (Å²) in [5, 5.41) is 18.7. The van der Waals surface area contributed by atoms with Crippen molar-refractivity contribution < 1.29 is 15.0 Å². The second kappa shape index (κ2) is 6.82. The van der Waals surface area contributed by atoms with Crippen LogP contribution in [-0.4, -0.2) is 46.3 Å². The number of thiazole rings is 1. The molecule has 0 unspecified atom stereocenters. The predicted octanol–water partition coefficient (Wildman–Crippen LogP) is 1.32. The van der Waals surface area contributed by atoms with Gasteiger partial charge in [-0.1, -0.05) is 13.8 Å². The van der Waals surface area contributed by atoms with Gasteiger partial charge in [0.05, 0.1) is 23.7 Å². The van der Waals surface area contributed by atoms with E-state index < -0.39 is 5.97 Å². The largest absolute Gasteiger partial charge is 0.481 e. The SMILES string of the molecule is CC(C)c1nc(CC(=O)O)c(CN(C)CCO)s1. The van der Waals surface area contributed by atoms with Crippen LogP contribution in [0.3, 0.4) is 0 Å². The Labute approximate surface area is 111 Å². The summed E-state index contributed by atoms with van der Waals surface area (Å²) in [6.45, 7) is 5.39. The van der Waals surface area contributed by atoms with Gasteiger partial charge in [-0.15, -0.1) is 11.3 Å². The van der Waals surface area contributed by atoms with Gasteiger partial charge >= 0.3 is 5.97 Å². The van der Waals surface area contributed by atoms with Crippen LogP contribution in [0.2, 0.25) is 0 Å². The molecule has 0 spiro atoms. The second-order valence-electron chi connectivity index (χ2n) is 4.61. The van der Waals surface area contributed by atoms with Crippen molar-refractivity contribution in [3.05, 3.63) is 15.6 Å². The van der Waals surface area contributed by atoms with E-state index in [0.29, 0.717) is 24.7 Å². The highest BCUT2D eigenvalue weighted by molar-refractivity contribution is 7.11. The summed E-state index contributed by atoms with van der Waals surface area (Å²) in [6.07, 6.45) is -0.0362. The van der Waals surface area contributed by atoms with Crippen molar-refractivity contribution in [2.45, 2.75) is 32.7 Å². The third kappa shape index (κ3) is 4.36. The number of carboxylic acid groups (broad SMARTS) is 1. The van der Waals surface area contributed by atoms with Gasteiger partial charge in [-0.05, 0) is 7.05 Å². The molecule has 1 heterocycles. The molecule has 0 amide bonds. The maximum Gasteiger partial charge on any atom is 0.309 e. The van der Waals surface area contributed by atoms with Crippen molar-refractivity contribution in [3.63, 3.8) is 0 Å². The molecule has 0 atom stereocenters. The lowest BCUT2D eigenvalue weighted by Gasteiger charge is -2.14. The number of rotatable bonds is 7. The fourth-order valence-corrected chi connectivity index (χ4v) is 2.71. The Morgan fingerprint density at radius 3 is 2.67 bits per heavy atom. The first-order chi connectivity index (χ1) is 8.43. The minimum Gasteiger partial charge on any atom is -0.481 e. The van der Waals surface area contributed by atoms with Gasteiger partial charge < -0.3 is 10.2 Å². The van der Waals surface area contributed by atoms with Gasteiger partial charge in [-0.3, -0.25) is 9.69 Å². The Hall–Kier alpha value is -0.980. The molecular weight excluding hydrogens is 252 g/mol. The number of nitrogens with zero attached hydrogens (tertiary/aromatic N) is 2. The van der Waals surface area contributed by atoms with Gasteiger partial charge in [0.1, 0.15) is 0 Å². The molecule has 0 aromatic carbocycles. The number of aliphatic hydroxyl groups is 1. The average Bonchev–Trinajstić information content (AvgIpc) is 2.61. The summed E-state index contributed by atoms with van der Waals surface area (Å²) in [6, 6.07) is 0. The van der Waals surface area contributed by atoms with Crippen LogP contribution in [-0.2, 0) is 17.8 Å². The summed E-state index contributed by atoms with van der Waals surface area (Å²) in [7, 11) is 1.90. The molecule has 0 aliphatic rings. The first kappa shape index (κ1) is 15.1. The number of carboxylic acids is 1. The predicted molar refractivity (Wildman–Crippen MR) is 71.0 cm³/mol. The molecule has 1 aromatic rings. The van der Waals surface area contributed by atoms with Gasteiger partial charge in [0, 0.05) is 23.9 Å². The molecule has 0 saturated carbocycles. The van der Waals surface area contributed by atoms with Gasteiger partial charge in [0.15, 0.2) is 0 Å². The molecule has 102 valence electrons. The van der Waals surface area contributed by atoms with E-state index in [0.717, 1.165) is 9.88 Å². The van der Waals surface area contributed by atoms with Gasteiger partial charge in [-0.2, -0.15) is 0 Å². The number of likely N-dealkylation sites (N-methyl/N-ethyl adjacent to an activating group) is 1. The van der Waals surface area contributed by atoms with Gasteiger partial charge in [0.2, 0.25) is 0 Å². The molecule has 0 fully saturated rings. The van der Waals surface area contributed by atoms with E-state index in [4.69, 9.17) is 10.2 Å². The summed E-state index contributed by atoms with van der Waals surface area (Å²) in [4.78, 5) is 18.2. The Kier molecular flexibility index (Phi) is 5.71. The Morgan fingerprint density at radius 1 is 1.50 bits per heavy atom. The zero-order chi connectivity index (χ0) is 13.7. The molecule has 0 bridgehead atoms. The third-order valence-corrected chi connectivity index (χ3v) is 3.89. The van der Waals surface area contributed by atoms with E-state index in [9.17, 15) is 4.79 Å². The van der Waals surface area contributed by atoms with Crippen LogP contribution in [0.15, 0.2) is 0 Å². The maximum atomic E-state index is 10.8. The monoisotopic (exact) mass is 272 g/mol. The standard InChI is InChI=1S/C12H20N2O3S/c1-8(2)12-13-9(6-11(16)17)10(18-12)7-14(3)4-5-15/h8,15H,4-7H2,1-3H3,(H,16,17). The number of hydrogen-bond acceptors (Lipinski definition) is 5. The summed E-state index contributed by atoms with van der Waals surface area (Å²) < 4.78 is 0. The fraction of sp³-hybridized carbons (Fsp3) is 0.667. The molecule has 1 aromatic heterocycles. The second-order valence-corrected chi connectivity index (χ2v) is 5.72. The van der Waals surface area contributed by atoms with Crippen molar-refractivity contribution >= 4 is 17.3 Å². The molecule has 0 aliphatic carbocycles. The van der Waals surface area contributed by atoms with Gasteiger partial charge in [0.25, 0.3) is 0 Å². The zero-order valence-electron chi connectivity index (χ0n) is 11.0. The highest BCUT2D eigenvalue weighted by atomic mass is 32.1. The minimum absolute atomic E-state index is 0.0362. The Bertz CT molecular complexity index is 404. The average molecular weight is 272 g/mol. The van der Waals surface area contributed by atoms with Crippen LogP contribution in [0.1, 0.15) is 35.3 Å². The van der Waals surface area contributed by atoms with Crippen LogP contribution in [0, 0.1) is 0 Å². The molecule has 6 heteroatoms. The third-order valence-electron chi connectivity index (χ3n) is 2.50. The van der Waals surface area contributed by atoms with Crippen molar-refractivity contribution in [3.8, 4) is 0 Å². The lowest BCUT2D eigenvalue weighted by Crippen LogP contribution is -2.21. The first-order valence-electron chi connectivity index (χ1n) is 5.93. The Morgan fingerprint density at radius 2 is 2.17 bits per heavy atom. The number of carbonyl (C=O) groups is 1. The quantitative estimate of drug-likeness (QED) is 0.783. The van der Waals surface area contributed by atoms with Crippen LogP contribution in [0.4, 0.5) is 0 Å². The van der Waals surface area contributed by atoms with Crippen LogP contribution < -0.4 is 0 Å². The van der Waals surface area contributed by atoms with E-state index in [1.54, 1.807) is 11.3 Å². The van der Waals surface area contributed by atoms with Crippen molar-refractivity contribution in [1.82, 2.24) is 9.88 Å². The molecule has 5 nitrogen and oxygen atoms in total. The van der Waals surface area contributed by atoms with Crippen molar-refractivity contribution in [2.24, 2.45) is 0 Å². The summed E-state index contributed by atoms with van der Waals surface area (Å²) >= 11 is 1.57. The van der Waals surface area contributed by atoms with Crippen molar-refractivity contribution in [2.75, 3.05) is 20.2 Å². The molecule has 0 radical (unpaired) electrons. The van der Waals surface area contributed by atoms with E-state index >= 15 is 0 Å². The lowest BCUT2D eigenvalue weighted by molar-refractivity contribution is -0.136. The van der Waals surface area contributed by atoms with Gasteiger partial charge in [-0.25, -0.2) is 4.98 Å². The summed E-state index contributed by atoms with van der Waals surface area (Å²) in [5.74, 6) is -0.555. The summed E-state index contributed by atoms with van der Waals surface area (Å²) in [5.41, 5.74) is 0.654. The topological polar surface area (TPSA) is 73.7 Å². The molecule has 0 aliphatic heterocycles. The van der Waals surface area contributed by atoms with Crippen LogP contribution >= 0.6 is 11.3 Å². The number of aromatic nitrogens is 1. The maximum absolute atomic E-state index is 10.8. The molecule has 2 N–H and O–H groups in total. The molecule has 0 saturated heterocycles. The van der Waals surface area contributed by atoms with E-state index in [2.05, 4.69) is 4.98 Å². The zero-order valence-corrected chi connectivity index (χ0v) is 11.8. The normalized spacial score (nSPS) is 11.4.